The molecule has 0 unspecified atom stereocenters. The first kappa shape index (κ1) is 17.8. The van der Waals surface area contributed by atoms with Crippen molar-refractivity contribution in [2.75, 3.05) is 0 Å². The van der Waals surface area contributed by atoms with E-state index in [1.165, 1.54) is 0 Å². The van der Waals surface area contributed by atoms with Gasteiger partial charge in [-0.2, -0.15) is 0 Å². The van der Waals surface area contributed by atoms with Gasteiger partial charge >= 0.3 is 5.97 Å². The first-order chi connectivity index (χ1) is 13.6. The SMILES string of the molecule is CCc1c(C(=O)O)c(C=O)n(Cc2ccccc2)c1-c1cc2ccccc2o1. The molecular formula is C23H19NO4. The van der Waals surface area contributed by atoms with Crippen molar-refractivity contribution in [3.05, 3.63) is 83.0 Å². The molecule has 0 spiro atoms. The lowest BCUT2D eigenvalue weighted by atomic mass is 10.0. The minimum atomic E-state index is -1.11. The fourth-order valence-corrected chi connectivity index (χ4v) is 3.71. The van der Waals surface area contributed by atoms with Gasteiger partial charge in [0.25, 0.3) is 0 Å². The van der Waals surface area contributed by atoms with Crippen LogP contribution in [0.25, 0.3) is 22.4 Å². The molecule has 0 atom stereocenters. The smallest absolute Gasteiger partial charge is 0.338 e. The summed E-state index contributed by atoms with van der Waals surface area (Å²) < 4.78 is 7.79. The summed E-state index contributed by atoms with van der Waals surface area (Å²) in [5.41, 5.74) is 3.13. The Labute approximate surface area is 161 Å². The molecule has 4 rings (SSSR count). The summed E-state index contributed by atoms with van der Waals surface area (Å²) >= 11 is 0. The van der Waals surface area contributed by atoms with Crippen molar-refractivity contribution in [2.24, 2.45) is 0 Å². The van der Waals surface area contributed by atoms with Gasteiger partial charge in [-0.25, -0.2) is 4.79 Å². The molecule has 0 radical (unpaired) electrons. The van der Waals surface area contributed by atoms with Crippen LogP contribution in [-0.4, -0.2) is 21.9 Å². The summed E-state index contributed by atoms with van der Waals surface area (Å²) in [5, 5.41) is 10.7. The van der Waals surface area contributed by atoms with Crippen LogP contribution in [0.15, 0.2) is 65.1 Å². The molecule has 0 aliphatic heterocycles. The van der Waals surface area contributed by atoms with Gasteiger partial charge in [-0.1, -0.05) is 55.5 Å². The number of carboxylic acid groups (broad SMARTS) is 1. The van der Waals surface area contributed by atoms with E-state index in [0.29, 0.717) is 36.3 Å². The standard InChI is InChI=1S/C23H19NO4/c1-2-17-21(23(26)27)18(14-25)24(13-15-8-4-3-5-9-15)22(17)20-12-16-10-6-7-11-19(16)28-20/h3-12,14H,2,13H2,1H3,(H,26,27). The number of benzene rings is 2. The van der Waals surface area contributed by atoms with Crippen molar-refractivity contribution in [1.82, 2.24) is 4.57 Å². The van der Waals surface area contributed by atoms with Crippen molar-refractivity contribution < 1.29 is 19.1 Å². The van der Waals surface area contributed by atoms with E-state index in [9.17, 15) is 14.7 Å². The number of fused-ring (bicyclic) bond motifs is 1. The molecule has 2 aromatic carbocycles. The maximum absolute atomic E-state index is 12.0. The molecule has 5 nitrogen and oxygen atoms in total. The van der Waals surface area contributed by atoms with Gasteiger partial charge in [0.2, 0.25) is 0 Å². The topological polar surface area (TPSA) is 72.4 Å². The summed E-state index contributed by atoms with van der Waals surface area (Å²) in [7, 11) is 0. The number of nitrogens with zero attached hydrogens (tertiary/aromatic N) is 1. The summed E-state index contributed by atoms with van der Waals surface area (Å²) in [4.78, 5) is 23.9. The number of aromatic nitrogens is 1. The van der Waals surface area contributed by atoms with E-state index >= 15 is 0 Å². The Morgan fingerprint density at radius 3 is 2.46 bits per heavy atom. The molecule has 0 aliphatic carbocycles. The van der Waals surface area contributed by atoms with Crippen LogP contribution >= 0.6 is 0 Å². The number of aromatic carboxylic acids is 1. The van der Waals surface area contributed by atoms with E-state index in [-0.39, 0.29) is 11.3 Å². The number of carbonyl (C=O) groups excluding carboxylic acids is 1. The molecule has 1 N–H and O–H groups in total. The second-order valence-electron chi connectivity index (χ2n) is 6.58. The quantitative estimate of drug-likeness (QED) is 0.482. The highest BCUT2D eigenvalue weighted by Gasteiger charge is 2.28. The molecule has 0 fully saturated rings. The molecule has 0 saturated heterocycles. The summed E-state index contributed by atoms with van der Waals surface area (Å²) in [5.74, 6) is -0.548. The lowest BCUT2D eigenvalue weighted by Gasteiger charge is -2.11. The number of carboxylic acids is 1. The Morgan fingerprint density at radius 1 is 1.11 bits per heavy atom. The van der Waals surface area contributed by atoms with Crippen molar-refractivity contribution in [3.8, 4) is 11.5 Å². The summed E-state index contributed by atoms with van der Waals surface area (Å²) in [6.45, 7) is 2.26. The fraction of sp³-hybridized carbons (Fsp3) is 0.130. The zero-order valence-corrected chi connectivity index (χ0v) is 15.4. The van der Waals surface area contributed by atoms with Crippen LogP contribution in [0.1, 0.15) is 38.9 Å². The third kappa shape index (κ3) is 2.91. The highest BCUT2D eigenvalue weighted by Crippen LogP contribution is 2.36. The van der Waals surface area contributed by atoms with E-state index in [1.807, 2.05) is 67.6 Å². The van der Waals surface area contributed by atoms with E-state index < -0.39 is 5.97 Å². The van der Waals surface area contributed by atoms with Crippen LogP contribution in [0.3, 0.4) is 0 Å². The molecule has 2 aromatic heterocycles. The first-order valence-electron chi connectivity index (χ1n) is 9.10. The molecule has 28 heavy (non-hydrogen) atoms. The third-order valence-electron chi connectivity index (χ3n) is 4.93. The molecule has 2 heterocycles. The highest BCUT2D eigenvalue weighted by molar-refractivity contribution is 6.01. The molecule has 0 bridgehead atoms. The number of hydrogen-bond donors (Lipinski definition) is 1. The molecular weight excluding hydrogens is 354 g/mol. The Balaban J connectivity index is 2.01. The van der Waals surface area contributed by atoms with Crippen LogP contribution in [0.5, 0.6) is 0 Å². The molecule has 140 valence electrons. The number of carbonyl (C=O) groups is 2. The van der Waals surface area contributed by atoms with Gasteiger partial charge in [0, 0.05) is 11.9 Å². The normalized spacial score (nSPS) is 11.0. The Bertz CT molecular complexity index is 1140. The minimum absolute atomic E-state index is 0.0453. The maximum Gasteiger partial charge on any atom is 0.338 e. The molecule has 0 amide bonds. The summed E-state index contributed by atoms with van der Waals surface area (Å²) in [6, 6.07) is 19.2. The van der Waals surface area contributed by atoms with Gasteiger partial charge in [-0.15, -0.1) is 0 Å². The van der Waals surface area contributed by atoms with Gasteiger partial charge in [-0.05, 0) is 29.7 Å². The number of aldehydes is 1. The number of rotatable bonds is 6. The fourth-order valence-electron chi connectivity index (χ4n) is 3.71. The molecule has 0 aliphatic rings. The second kappa shape index (κ2) is 7.19. The second-order valence-corrected chi connectivity index (χ2v) is 6.58. The Morgan fingerprint density at radius 2 is 1.82 bits per heavy atom. The number of hydrogen-bond acceptors (Lipinski definition) is 3. The molecule has 5 heteroatoms. The van der Waals surface area contributed by atoms with E-state index in [0.717, 1.165) is 16.5 Å². The van der Waals surface area contributed by atoms with Crippen LogP contribution < -0.4 is 0 Å². The average molecular weight is 373 g/mol. The number of furan rings is 1. The van der Waals surface area contributed by atoms with E-state index in [2.05, 4.69) is 0 Å². The minimum Gasteiger partial charge on any atom is -0.478 e. The van der Waals surface area contributed by atoms with Crippen molar-refractivity contribution in [1.29, 1.82) is 0 Å². The molecule has 0 saturated carbocycles. The van der Waals surface area contributed by atoms with Crippen molar-refractivity contribution >= 4 is 23.2 Å². The van der Waals surface area contributed by atoms with Crippen LogP contribution in [-0.2, 0) is 13.0 Å². The van der Waals surface area contributed by atoms with Crippen molar-refractivity contribution in [2.45, 2.75) is 19.9 Å². The van der Waals surface area contributed by atoms with Crippen LogP contribution in [0.2, 0.25) is 0 Å². The maximum atomic E-state index is 12.0. The van der Waals surface area contributed by atoms with Gasteiger partial charge in [0.05, 0.1) is 17.0 Å². The predicted molar refractivity (Wildman–Crippen MR) is 107 cm³/mol. The van der Waals surface area contributed by atoms with Crippen LogP contribution in [0.4, 0.5) is 0 Å². The highest BCUT2D eigenvalue weighted by atomic mass is 16.4. The predicted octanol–water partition coefficient (Wildman–Crippen LogP) is 5.02. The van der Waals surface area contributed by atoms with Crippen molar-refractivity contribution in [3.63, 3.8) is 0 Å². The van der Waals surface area contributed by atoms with Gasteiger partial charge < -0.3 is 14.1 Å². The van der Waals surface area contributed by atoms with Gasteiger partial charge in [-0.3, -0.25) is 4.79 Å². The lowest BCUT2D eigenvalue weighted by molar-refractivity contribution is 0.0692. The Hall–Kier alpha value is -3.60. The summed E-state index contributed by atoms with van der Waals surface area (Å²) in [6.07, 6.45) is 1.09. The number of para-hydroxylation sites is 1. The van der Waals surface area contributed by atoms with E-state index in [1.54, 1.807) is 4.57 Å². The average Bonchev–Trinajstić information content (AvgIpc) is 3.26. The lowest BCUT2D eigenvalue weighted by Crippen LogP contribution is -2.08. The molecule has 4 aromatic rings. The van der Waals surface area contributed by atoms with Crippen LogP contribution in [0, 0.1) is 0 Å². The zero-order chi connectivity index (χ0) is 19.7. The first-order valence-corrected chi connectivity index (χ1v) is 9.10. The van der Waals surface area contributed by atoms with Gasteiger partial charge in [0.1, 0.15) is 5.58 Å². The van der Waals surface area contributed by atoms with Gasteiger partial charge in [0.15, 0.2) is 12.0 Å². The monoisotopic (exact) mass is 373 g/mol. The zero-order valence-electron chi connectivity index (χ0n) is 15.4. The largest absolute Gasteiger partial charge is 0.478 e. The van der Waals surface area contributed by atoms with E-state index in [4.69, 9.17) is 4.42 Å². The third-order valence-corrected chi connectivity index (χ3v) is 4.93. The Kier molecular flexibility index (Phi) is 4.57.